The zero-order valence-electron chi connectivity index (χ0n) is 12.8. The molecule has 0 spiro atoms. The summed E-state index contributed by atoms with van der Waals surface area (Å²) in [5.74, 6) is 0. The summed E-state index contributed by atoms with van der Waals surface area (Å²) in [6, 6.07) is 6.79. The maximum absolute atomic E-state index is 12.3. The molecule has 0 saturated carbocycles. The van der Waals surface area contributed by atoms with Gasteiger partial charge in [0.05, 0.1) is 4.90 Å². The van der Waals surface area contributed by atoms with Gasteiger partial charge in [-0.3, -0.25) is 0 Å². The van der Waals surface area contributed by atoms with Crippen molar-refractivity contribution in [1.82, 2.24) is 9.62 Å². The minimum absolute atomic E-state index is 0.0819. The summed E-state index contributed by atoms with van der Waals surface area (Å²) in [5.41, 5.74) is 0.932. The maximum atomic E-state index is 12.3. The zero-order chi connectivity index (χ0) is 15.3. The van der Waals surface area contributed by atoms with E-state index in [0.717, 1.165) is 31.9 Å². The molecule has 1 aliphatic rings. The number of likely N-dealkylation sites (tertiary alicyclic amines) is 1. The summed E-state index contributed by atoms with van der Waals surface area (Å²) in [4.78, 5) is 2.62. The molecule has 1 aromatic carbocycles. The van der Waals surface area contributed by atoms with Crippen molar-refractivity contribution in [3.8, 4) is 0 Å². The number of anilines is 1. The zero-order valence-corrected chi connectivity index (χ0v) is 13.6. The van der Waals surface area contributed by atoms with Crippen molar-refractivity contribution in [2.24, 2.45) is 0 Å². The molecule has 0 radical (unpaired) electrons. The second-order valence-corrected chi connectivity index (χ2v) is 7.30. The maximum Gasteiger partial charge on any atom is 0.240 e. The lowest BCUT2D eigenvalue weighted by Gasteiger charge is -2.21. The Morgan fingerprint density at radius 1 is 1.19 bits per heavy atom. The number of hydrogen-bond acceptors (Lipinski definition) is 4. The van der Waals surface area contributed by atoms with E-state index in [9.17, 15) is 8.42 Å². The number of sulfonamides is 1. The average molecular weight is 311 g/mol. The van der Waals surface area contributed by atoms with Crippen LogP contribution in [0.3, 0.4) is 0 Å². The van der Waals surface area contributed by atoms with Crippen molar-refractivity contribution in [2.45, 2.75) is 37.6 Å². The van der Waals surface area contributed by atoms with E-state index in [4.69, 9.17) is 0 Å². The van der Waals surface area contributed by atoms with Crippen LogP contribution in [0.25, 0.3) is 0 Å². The second kappa shape index (κ2) is 7.24. The largest absolute Gasteiger partial charge is 0.385 e. The van der Waals surface area contributed by atoms with Gasteiger partial charge in [-0.1, -0.05) is 0 Å². The molecule has 1 heterocycles. The highest BCUT2D eigenvalue weighted by Crippen LogP contribution is 2.15. The Hall–Kier alpha value is -1.11. The lowest BCUT2D eigenvalue weighted by Crippen LogP contribution is -2.40. The lowest BCUT2D eigenvalue weighted by molar-refractivity contribution is 0.313. The topological polar surface area (TPSA) is 61.4 Å². The molecule has 1 fully saturated rings. The molecule has 0 aromatic heterocycles. The van der Waals surface area contributed by atoms with Crippen molar-refractivity contribution < 1.29 is 8.42 Å². The first-order chi connectivity index (χ1) is 10.0. The number of rotatable bonds is 7. The number of nitrogens with one attached hydrogen (secondary N) is 2. The van der Waals surface area contributed by atoms with Gasteiger partial charge >= 0.3 is 0 Å². The summed E-state index contributed by atoms with van der Waals surface area (Å²) in [7, 11) is -3.44. The standard InChI is InChI=1S/C15H25N3O2S/c1-3-16-14-6-8-15(9-7-14)21(19,20)17-13(2)12-18-10-4-5-11-18/h6-9,13,16-17H,3-5,10-12H2,1-2H3. The fraction of sp³-hybridized carbons (Fsp3) is 0.600. The normalized spacial score (nSPS) is 17.8. The van der Waals surface area contributed by atoms with Crippen LogP contribution in [0.15, 0.2) is 29.2 Å². The second-order valence-electron chi connectivity index (χ2n) is 5.58. The molecule has 1 unspecified atom stereocenters. The van der Waals surface area contributed by atoms with E-state index in [2.05, 4.69) is 14.9 Å². The van der Waals surface area contributed by atoms with Crippen molar-refractivity contribution in [2.75, 3.05) is 31.5 Å². The molecule has 0 aliphatic carbocycles. The molecule has 2 rings (SSSR count). The summed E-state index contributed by atoms with van der Waals surface area (Å²) in [6.45, 7) is 7.66. The Balaban J connectivity index is 1.96. The Labute approximate surface area is 127 Å². The van der Waals surface area contributed by atoms with Crippen LogP contribution < -0.4 is 10.0 Å². The van der Waals surface area contributed by atoms with Crippen molar-refractivity contribution in [3.05, 3.63) is 24.3 Å². The van der Waals surface area contributed by atoms with Gasteiger partial charge in [0, 0.05) is 24.8 Å². The highest BCUT2D eigenvalue weighted by atomic mass is 32.2. The van der Waals surface area contributed by atoms with Gasteiger partial charge in [0.25, 0.3) is 0 Å². The molecule has 2 N–H and O–H groups in total. The van der Waals surface area contributed by atoms with Gasteiger partial charge < -0.3 is 10.2 Å². The third kappa shape index (κ3) is 4.69. The van der Waals surface area contributed by atoms with Crippen LogP contribution in [0.4, 0.5) is 5.69 Å². The number of nitrogens with zero attached hydrogens (tertiary/aromatic N) is 1. The predicted octanol–water partition coefficient (Wildman–Crippen LogP) is 1.88. The molecule has 1 aromatic rings. The molecular formula is C15H25N3O2S. The quantitative estimate of drug-likeness (QED) is 0.807. The van der Waals surface area contributed by atoms with Gasteiger partial charge in [-0.15, -0.1) is 0 Å². The van der Waals surface area contributed by atoms with Crippen LogP contribution in [0.2, 0.25) is 0 Å². The molecule has 1 atom stereocenters. The van der Waals surface area contributed by atoms with Crippen LogP contribution >= 0.6 is 0 Å². The van der Waals surface area contributed by atoms with E-state index in [-0.39, 0.29) is 6.04 Å². The predicted molar refractivity (Wildman–Crippen MR) is 86.1 cm³/mol. The molecule has 118 valence electrons. The van der Waals surface area contributed by atoms with Gasteiger partial charge in [0.2, 0.25) is 10.0 Å². The first kappa shape index (κ1) is 16.3. The van der Waals surface area contributed by atoms with Gasteiger partial charge in [-0.05, 0) is 64.0 Å². The first-order valence-corrected chi connectivity index (χ1v) is 9.08. The molecule has 1 saturated heterocycles. The third-order valence-corrected chi connectivity index (χ3v) is 5.24. The van der Waals surface area contributed by atoms with E-state index < -0.39 is 10.0 Å². The van der Waals surface area contributed by atoms with Crippen LogP contribution in [-0.2, 0) is 10.0 Å². The molecule has 1 aliphatic heterocycles. The van der Waals surface area contributed by atoms with Crippen molar-refractivity contribution in [1.29, 1.82) is 0 Å². The van der Waals surface area contributed by atoms with Crippen LogP contribution in [0, 0.1) is 0 Å². The highest BCUT2D eigenvalue weighted by Gasteiger charge is 2.20. The first-order valence-electron chi connectivity index (χ1n) is 7.60. The Morgan fingerprint density at radius 3 is 2.38 bits per heavy atom. The van der Waals surface area contributed by atoms with Gasteiger partial charge in [-0.2, -0.15) is 0 Å². The Kier molecular flexibility index (Phi) is 5.61. The molecule has 0 bridgehead atoms. The lowest BCUT2D eigenvalue weighted by atomic mass is 10.3. The van der Waals surface area contributed by atoms with E-state index in [1.807, 2.05) is 13.8 Å². The minimum atomic E-state index is -3.44. The Bertz CT molecular complexity index is 537. The monoisotopic (exact) mass is 311 g/mol. The van der Waals surface area contributed by atoms with Gasteiger partial charge in [0.1, 0.15) is 0 Å². The van der Waals surface area contributed by atoms with Crippen LogP contribution in [0.5, 0.6) is 0 Å². The van der Waals surface area contributed by atoms with E-state index in [0.29, 0.717) is 4.90 Å². The summed E-state index contributed by atoms with van der Waals surface area (Å²) in [6.07, 6.45) is 2.43. The van der Waals surface area contributed by atoms with E-state index >= 15 is 0 Å². The fourth-order valence-corrected chi connectivity index (χ4v) is 3.91. The molecule has 21 heavy (non-hydrogen) atoms. The van der Waals surface area contributed by atoms with E-state index in [1.54, 1.807) is 24.3 Å². The molecule has 0 amide bonds. The van der Waals surface area contributed by atoms with Crippen LogP contribution in [-0.4, -0.2) is 45.5 Å². The van der Waals surface area contributed by atoms with E-state index in [1.165, 1.54) is 12.8 Å². The molecule has 5 nitrogen and oxygen atoms in total. The fourth-order valence-electron chi connectivity index (χ4n) is 2.68. The summed E-state index contributed by atoms with van der Waals surface area (Å²) >= 11 is 0. The third-order valence-electron chi connectivity index (χ3n) is 3.63. The van der Waals surface area contributed by atoms with Gasteiger partial charge in [-0.25, -0.2) is 13.1 Å². The number of hydrogen-bond donors (Lipinski definition) is 2. The number of benzene rings is 1. The molecular weight excluding hydrogens is 286 g/mol. The van der Waals surface area contributed by atoms with Gasteiger partial charge in [0.15, 0.2) is 0 Å². The van der Waals surface area contributed by atoms with Crippen molar-refractivity contribution in [3.63, 3.8) is 0 Å². The molecule has 6 heteroatoms. The van der Waals surface area contributed by atoms with Crippen molar-refractivity contribution >= 4 is 15.7 Å². The Morgan fingerprint density at radius 2 is 1.81 bits per heavy atom. The van der Waals surface area contributed by atoms with Crippen LogP contribution in [0.1, 0.15) is 26.7 Å². The average Bonchev–Trinajstić information content (AvgIpc) is 2.92. The SMILES string of the molecule is CCNc1ccc(S(=O)(=O)NC(C)CN2CCCC2)cc1. The highest BCUT2D eigenvalue weighted by molar-refractivity contribution is 7.89. The summed E-state index contributed by atoms with van der Waals surface area (Å²) in [5, 5.41) is 3.15. The summed E-state index contributed by atoms with van der Waals surface area (Å²) < 4.78 is 27.4. The smallest absolute Gasteiger partial charge is 0.240 e. The minimum Gasteiger partial charge on any atom is -0.385 e.